The molecule has 4 nitrogen and oxygen atoms in total. The van der Waals surface area contributed by atoms with E-state index in [0.717, 1.165) is 31.3 Å². The highest BCUT2D eigenvalue weighted by Crippen LogP contribution is 2.19. The van der Waals surface area contributed by atoms with Gasteiger partial charge in [0.25, 0.3) is 0 Å². The number of aromatic amines is 1. The predicted molar refractivity (Wildman–Crippen MR) is 90.0 cm³/mol. The van der Waals surface area contributed by atoms with Crippen molar-refractivity contribution >= 4 is 16.9 Å². The van der Waals surface area contributed by atoms with Crippen molar-refractivity contribution in [2.24, 2.45) is 0 Å². The van der Waals surface area contributed by atoms with E-state index in [0.29, 0.717) is 6.04 Å². The Balaban J connectivity index is 1.53. The summed E-state index contributed by atoms with van der Waals surface area (Å²) in [5, 5.41) is 4.42. The summed E-state index contributed by atoms with van der Waals surface area (Å²) in [6, 6.07) is 8.73. The Labute approximate surface area is 131 Å². The van der Waals surface area contributed by atoms with Gasteiger partial charge in [-0.3, -0.25) is 0 Å². The quantitative estimate of drug-likeness (QED) is 0.889. The second-order valence-electron chi connectivity index (χ2n) is 6.32. The second-order valence-corrected chi connectivity index (χ2v) is 6.32. The van der Waals surface area contributed by atoms with Crippen LogP contribution in [-0.4, -0.2) is 35.5 Å². The maximum Gasteiger partial charge on any atom is 0.317 e. The highest BCUT2D eigenvalue weighted by atomic mass is 16.2. The summed E-state index contributed by atoms with van der Waals surface area (Å²) in [7, 11) is 1.88. The number of hydrogen-bond donors (Lipinski definition) is 2. The van der Waals surface area contributed by atoms with E-state index in [1.807, 2.05) is 13.1 Å². The number of hydrogen-bond acceptors (Lipinski definition) is 1. The number of aromatic nitrogens is 1. The van der Waals surface area contributed by atoms with Gasteiger partial charge in [-0.1, -0.05) is 37.5 Å². The number of benzene rings is 1. The molecule has 0 radical (unpaired) electrons. The molecule has 2 amide bonds. The van der Waals surface area contributed by atoms with Crippen LogP contribution in [0.3, 0.4) is 0 Å². The lowest BCUT2D eigenvalue weighted by atomic mass is 9.96. The molecule has 3 rings (SSSR count). The van der Waals surface area contributed by atoms with Crippen LogP contribution in [0.5, 0.6) is 0 Å². The smallest absolute Gasteiger partial charge is 0.317 e. The Morgan fingerprint density at radius 2 is 2.05 bits per heavy atom. The van der Waals surface area contributed by atoms with Crippen molar-refractivity contribution in [3.8, 4) is 0 Å². The molecular formula is C18H25N3O. The fourth-order valence-corrected chi connectivity index (χ4v) is 3.26. The van der Waals surface area contributed by atoms with E-state index in [2.05, 4.69) is 34.7 Å². The standard InChI is InChI=1S/C18H25N3O/c1-21(18(22)20-15-7-3-2-4-8-15)12-11-14-13-19-17-10-6-5-9-16(14)17/h5-6,9-10,13,15,19H,2-4,7-8,11-12H2,1H3,(H,20,22). The van der Waals surface area contributed by atoms with E-state index in [4.69, 9.17) is 0 Å². The Kier molecular flexibility index (Phi) is 4.66. The summed E-state index contributed by atoms with van der Waals surface area (Å²) in [5.41, 5.74) is 2.43. The van der Waals surface area contributed by atoms with Gasteiger partial charge in [-0.15, -0.1) is 0 Å². The van der Waals surface area contributed by atoms with Crippen LogP contribution in [0.1, 0.15) is 37.7 Å². The van der Waals surface area contributed by atoms with Crippen molar-refractivity contribution < 1.29 is 4.79 Å². The van der Waals surface area contributed by atoms with Gasteiger partial charge in [0.15, 0.2) is 0 Å². The molecule has 0 aliphatic heterocycles. The van der Waals surface area contributed by atoms with Gasteiger partial charge in [0, 0.05) is 36.7 Å². The normalized spacial score (nSPS) is 15.9. The molecule has 0 spiro atoms. The summed E-state index contributed by atoms with van der Waals surface area (Å²) >= 11 is 0. The number of para-hydroxylation sites is 1. The van der Waals surface area contributed by atoms with Crippen LogP contribution in [0.15, 0.2) is 30.5 Å². The van der Waals surface area contributed by atoms with Crippen LogP contribution >= 0.6 is 0 Å². The van der Waals surface area contributed by atoms with E-state index in [1.165, 1.54) is 30.2 Å². The summed E-state index contributed by atoms with van der Waals surface area (Å²) in [4.78, 5) is 17.3. The third-order valence-corrected chi connectivity index (χ3v) is 4.67. The molecule has 1 aromatic heterocycles. The minimum Gasteiger partial charge on any atom is -0.361 e. The third-order valence-electron chi connectivity index (χ3n) is 4.67. The molecule has 1 heterocycles. The third kappa shape index (κ3) is 3.43. The highest BCUT2D eigenvalue weighted by molar-refractivity contribution is 5.83. The van der Waals surface area contributed by atoms with Crippen LogP contribution in [0.25, 0.3) is 10.9 Å². The molecule has 0 bridgehead atoms. The lowest BCUT2D eigenvalue weighted by Crippen LogP contribution is -2.44. The molecule has 118 valence electrons. The van der Waals surface area contributed by atoms with E-state index >= 15 is 0 Å². The molecule has 22 heavy (non-hydrogen) atoms. The van der Waals surface area contributed by atoms with Crippen molar-refractivity contribution in [1.82, 2.24) is 15.2 Å². The molecule has 0 atom stereocenters. The summed E-state index contributed by atoms with van der Waals surface area (Å²) < 4.78 is 0. The molecule has 1 aromatic carbocycles. The molecule has 0 unspecified atom stereocenters. The zero-order valence-electron chi connectivity index (χ0n) is 13.3. The molecule has 4 heteroatoms. The van der Waals surface area contributed by atoms with Crippen molar-refractivity contribution in [3.05, 3.63) is 36.0 Å². The van der Waals surface area contributed by atoms with E-state index in [9.17, 15) is 4.79 Å². The maximum atomic E-state index is 12.2. The number of carbonyl (C=O) groups excluding carboxylic acids is 1. The second kappa shape index (κ2) is 6.86. The van der Waals surface area contributed by atoms with Gasteiger partial charge in [-0.05, 0) is 30.9 Å². The SMILES string of the molecule is CN(CCc1c[nH]c2ccccc12)C(=O)NC1CCCCC1. The predicted octanol–water partition coefficient (Wildman–Crippen LogP) is 3.68. The number of carbonyl (C=O) groups is 1. The summed E-state index contributed by atoms with van der Waals surface area (Å²) in [6.07, 6.45) is 8.97. The van der Waals surface area contributed by atoms with Gasteiger partial charge in [-0.25, -0.2) is 4.79 Å². The van der Waals surface area contributed by atoms with Gasteiger partial charge in [0.05, 0.1) is 0 Å². The van der Waals surface area contributed by atoms with Crippen LogP contribution < -0.4 is 5.32 Å². The fraction of sp³-hybridized carbons (Fsp3) is 0.500. The number of urea groups is 1. The van der Waals surface area contributed by atoms with Crippen LogP contribution in [0.2, 0.25) is 0 Å². The number of amides is 2. The fourth-order valence-electron chi connectivity index (χ4n) is 3.26. The highest BCUT2D eigenvalue weighted by Gasteiger charge is 2.17. The summed E-state index contributed by atoms with van der Waals surface area (Å²) in [6.45, 7) is 0.737. The largest absolute Gasteiger partial charge is 0.361 e. The number of likely N-dealkylation sites (N-methyl/N-ethyl adjacent to an activating group) is 1. The lowest BCUT2D eigenvalue weighted by molar-refractivity contribution is 0.201. The topological polar surface area (TPSA) is 48.1 Å². The first-order valence-electron chi connectivity index (χ1n) is 8.30. The van der Waals surface area contributed by atoms with Crippen molar-refractivity contribution in [2.45, 2.75) is 44.6 Å². The molecule has 2 N–H and O–H groups in total. The number of nitrogens with zero attached hydrogens (tertiary/aromatic N) is 1. The molecular weight excluding hydrogens is 274 g/mol. The molecule has 1 aliphatic rings. The zero-order chi connectivity index (χ0) is 15.4. The van der Waals surface area contributed by atoms with Crippen molar-refractivity contribution in [3.63, 3.8) is 0 Å². The minimum atomic E-state index is 0.0618. The van der Waals surface area contributed by atoms with Crippen LogP contribution in [0.4, 0.5) is 4.79 Å². The van der Waals surface area contributed by atoms with Crippen molar-refractivity contribution in [2.75, 3.05) is 13.6 Å². The lowest BCUT2D eigenvalue weighted by Gasteiger charge is -2.26. The monoisotopic (exact) mass is 299 g/mol. The number of fused-ring (bicyclic) bond motifs is 1. The number of nitrogens with one attached hydrogen (secondary N) is 2. The maximum absolute atomic E-state index is 12.2. The van der Waals surface area contributed by atoms with Gasteiger partial charge in [0.1, 0.15) is 0 Å². The minimum absolute atomic E-state index is 0.0618. The average molecular weight is 299 g/mol. The number of H-pyrrole nitrogens is 1. The van der Waals surface area contributed by atoms with E-state index in [1.54, 1.807) is 4.90 Å². The Morgan fingerprint density at radius 3 is 2.86 bits per heavy atom. The van der Waals surface area contributed by atoms with Gasteiger partial charge in [0.2, 0.25) is 0 Å². The molecule has 1 saturated carbocycles. The molecule has 0 saturated heterocycles. The van der Waals surface area contributed by atoms with Gasteiger partial charge >= 0.3 is 6.03 Å². The average Bonchev–Trinajstić information content (AvgIpc) is 2.97. The van der Waals surface area contributed by atoms with Crippen LogP contribution in [-0.2, 0) is 6.42 Å². The molecule has 2 aromatic rings. The first-order valence-corrected chi connectivity index (χ1v) is 8.30. The Morgan fingerprint density at radius 1 is 1.27 bits per heavy atom. The first kappa shape index (κ1) is 14.9. The molecule has 1 fully saturated rings. The van der Waals surface area contributed by atoms with Gasteiger partial charge < -0.3 is 15.2 Å². The zero-order valence-corrected chi connectivity index (χ0v) is 13.3. The molecule has 1 aliphatic carbocycles. The van der Waals surface area contributed by atoms with Crippen molar-refractivity contribution in [1.29, 1.82) is 0 Å². The number of rotatable bonds is 4. The van der Waals surface area contributed by atoms with E-state index < -0.39 is 0 Å². The summed E-state index contributed by atoms with van der Waals surface area (Å²) in [5.74, 6) is 0. The first-order chi connectivity index (χ1) is 10.7. The Hall–Kier alpha value is -1.97. The van der Waals surface area contributed by atoms with E-state index in [-0.39, 0.29) is 6.03 Å². The van der Waals surface area contributed by atoms with Crippen LogP contribution in [0, 0.1) is 0 Å². The van der Waals surface area contributed by atoms with Gasteiger partial charge in [-0.2, -0.15) is 0 Å². The Bertz CT molecular complexity index is 628.